The van der Waals surface area contributed by atoms with E-state index in [1.807, 2.05) is 30.3 Å². The largest absolute Gasteiger partial charge is 0.273 e. The van der Waals surface area contributed by atoms with Gasteiger partial charge >= 0.3 is 0 Å². The number of para-hydroxylation sites is 1. The van der Waals surface area contributed by atoms with Crippen LogP contribution >= 0.6 is 23.2 Å². The number of imide groups is 1. The lowest BCUT2D eigenvalue weighted by atomic mass is 9.92. The third-order valence-electron chi connectivity index (χ3n) is 5.26. The van der Waals surface area contributed by atoms with E-state index in [-0.39, 0.29) is 17.9 Å². The van der Waals surface area contributed by atoms with Gasteiger partial charge in [0.1, 0.15) is 0 Å². The highest BCUT2D eigenvalue weighted by Crippen LogP contribution is 2.42. The van der Waals surface area contributed by atoms with Gasteiger partial charge in [-0.1, -0.05) is 61.2 Å². The van der Waals surface area contributed by atoms with Gasteiger partial charge in [0.25, 0.3) is 5.91 Å². The summed E-state index contributed by atoms with van der Waals surface area (Å²) in [6.45, 7) is 2.10. The third kappa shape index (κ3) is 3.17. The summed E-state index contributed by atoms with van der Waals surface area (Å²) >= 11 is 12.1. The molecule has 2 aromatic carbocycles. The third-order valence-corrected chi connectivity index (χ3v) is 6.00. The SMILES string of the molecule is CCCC[C@H]1[C@H]2C(=O)N(c3ccc(Cl)c(Cl)c3)C(=O)[C@H]2ON1c1ccccc1. The molecular formula is C21H20Cl2N2O3. The van der Waals surface area contributed by atoms with Crippen molar-refractivity contribution in [2.24, 2.45) is 5.92 Å². The number of hydrogen-bond donors (Lipinski definition) is 0. The number of halogens is 2. The van der Waals surface area contributed by atoms with Crippen molar-refractivity contribution in [3.8, 4) is 0 Å². The van der Waals surface area contributed by atoms with Crippen molar-refractivity contribution in [2.45, 2.75) is 38.3 Å². The smallest absolute Gasteiger partial charge is 0.266 e. The zero-order chi connectivity index (χ0) is 19.8. The monoisotopic (exact) mass is 418 g/mol. The summed E-state index contributed by atoms with van der Waals surface area (Å²) in [5.41, 5.74) is 1.27. The van der Waals surface area contributed by atoms with Crippen molar-refractivity contribution in [3.63, 3.8) is 0 Å². The number of anilines is 2. The number of carbonyl (C=O) groups is 2. The first-order valence-electron chi connectivity index (χ1n) is 9.37. The molecule has 3 atom stereocenters. The molecule has 2 saturated heterocycles. The predicted octanol–water partition coefficient (Wildman–Crippen LogP) is 4.86. The Morgan fingerprint density at radius 3 is 2.39 bits per heavy atom. The number of fused-ring (bicyclic) bond motifs is 1. The van der Waals surface area contributed by atoms with Gasteiger partial charge in [-0.15, -0.1) is 0 Å². The van der Waals surface area contributed by atoms with Gasteiger partial charge in [-0.3, -0.25) is 14.4 Å². The summed E-state index contributed by atoms with van der Waals surface area (Å²) in [7, 11) is 0. The van der Waals surface area contributed by atoms with Crippen LogP contribution in [-0.2, 0) is 14.4 Å². The van der Waals surface area contributed by atoms with Gasteiger partial charge in [-0.05, 0) is 36.8 Å². The van der Waals surface area contributed by atoms with E-state index in [1.165, 1.54) is 11.0 Å². The Hall–Kier alpha value is -2.08. The summed E-state index contributed by atoms with van der Waals surface area (Å²) in [5.74, 6) is -1.17. The van der Waals surface area contributed by atoms with Gasteiger partial charge in [-0.25, -0.2) is 9.96 Å². The molecule has 2 fully saturated rings. The number of hydroxylamine groups is 1. The molecule has 146 valence electrons. The summed E-state index contributed by atoms with van der Waals surface area (Å²) in [5, 5.41) is 2.41. The molecule has 2 amide bonds. The highest BCUT2D eigenvalue weighted by molar-refractivity contribution is 6.42. The number of amides is 2. The topological polar surface area (TPSA) is 49.9 Å². The molecule has 0 aliphatic carbocycles. The van der Waals surface area contributed by atoms with Gasteiger partial charge in [0, 0.05) is 0 Å². The molecule has 28 heavy (non-hydrogen) atoms. The van der Waals surface area contributed by atoms with Crippen LogP contribution in [-0.4, -0.2) is 24.0 Å². The van der Waals surface area contributed by atoms with Crippen LogP contribution in [0.15, 0.2) is 48.5 Å². The lowest BCUT2D eigenvalue weighted by Gasteiger charge is -2.28. The zero-order valence-corrected chi connectivity index (χ0v) is 16.9. The molecule has 0 N–H and O–H groups in total. The molecule has 4 rings (SSSR count). The fourth-order valence-electron chi connectivity index (χ4n) is 3.91. The average Bonchev–Trinajstić information content (AvgIpc) is 3.19. The summed E-state index contributed by atoms with van der Waals surface area (Å²) < 4.78 is 0. The maximum absolute atomic E-state index is 13.3. The predicted molar refractivity (Wildman–Crippen MR) is 110 cm³/mol. The second-order valence-electron chi connectivity index (χ2n) is 7.03. The molecule has 5 nitrogen and oxygen atoms in total. The van der Waals surface area contributed by atoms with Gasteiger partial charge in [0.05, 0.1) is 33.4 Å². The molecule has 0 unspecified atom stereocenters. The minimum atomic E-state index is -0.830. The lowest BCUT2D eigenvalue weighted by molar-refractivity contribution is -0.126. The number of unbranched alkanes of at least 4 members (excludes halogenated alkanes) is 1. The number of benzene rings is 2. The molecule has 0 aromatic heterocycles. The maximum Gasteiger partial charge on any atom is 0.266 e. The number of nitrogens with zero attached hydrogens (tertiary/aromatic N) is 2. The number of rotatable bonds is 5. The second kappa shape index (κ2) is 7.74. The Morgan fingerprint density at radius 2 is 1.71 bits per heavy atom. The van der Waals surface area contributed by atoms with Crippen LogP contribution in [0.5, 0.6) is 0 Å². The fraction of sp³-hybridized carbons (Fsp3) is 0.333. The number of hydrogen-bond acceptors (Lipinski definition) is 4. The van der Waals surface area contributed by atoms with Crippen LogP contribution in [0.2, 0.25) is 10.0 Å². The van der Waals surface area contributed by atoms with Crippen LogP contribution in [0.4, 0.5) is 11.4 Å². The Bertz CT molecular complexity index is 906. The van der Waals surface area contributed by atoms with E-state index < -0.39 is 12.0 Å². The van der Waals surface area contributed by atoms with Crippen LogP contribution in [0, 0.1) is 5.92 Å². The van der Waals surface area contributed by atoms with Crippen LogP contribution in [0.1, 0.15) is 26.2 Å². The van der Waals surface area contributed by atoms with E-state index >= 15 is 0 Å². The van der Waals surface area contributed by atoms with E-state index in [0.717, 1.165) is 24.9 Å². The van der Waals surface area contributed by atoms with Crippen molar-refractivity contribution in [1.82, 2.24) is 0 Å². The molecule has 0 bridgehead atoms. The molecule has 0 spiro atoms. The van der Waals surface area contributed by atoms with Crippen LogP contribution < -0.4 is 9.96 Å². The molecule has 2 aliphatic heterocycles. The van der Waals surface area contributed by atoms with Crippen LogP contribution in [0.25, 0.3) is 0 Å². The van der Waals surface area contributed by atoms with E-state index in [2.05, 4.69) is 6.92 Å². The van der Waals surface area contributed by atoms with Gasteiger partial charge < -0.3 is 0 Å². The maximum atomic E-state index is 13.3. The standard InChI is InChI=1S/C21H20Cl2N2O3/c1-2-3-9-17-18-19(28-25(17)13-7-5-4-6-8-13)21(27)24(20(18)26)14-10-11-15(22)16(23)12-14/h4-8,10-12,17-19H,2-3,9H2,1H3/t17-,18+,19-/m0/s1. The lowest BCUT2D eigenvalue weighted by Crippen LogP contribution is -2.40. The number of carbonyl (C=O) groups excluding carboxylic acids is 2. The minimum absolute atomic E-state index is 0.198. The molecule has 2 heterocycles. The Kier molecular flexibility index (Phi) is 5.32. The highest BCUT2D eigenvalue weighted by atomic mass is 35.5. The molecule has 2 aromatic rings. The molecule has 2 aliphatic rings. The van der Waals surface area contributed by atoms with Crippen molar-refractivity contribution in [1.29, 1.82) is 0 Å². The molecule has 7 heteroatoms. The zero-order valence-electron chi connectivity index (χ0n) is 15.3. The summed E-state index contributed by atoms with van der Waals surface area (Å²) in [6, 6.07) is 14.1. The Balaban J connectivity index is 1.68. The first-order chi connectivity index (χ1) is 13.5. The molecular weight excluding hydrogens is 399 g/mol. The summed E-state index contributed by atoms with van der Waals surface area (Å²) in [4.78, 5) is 33.5. The van der Waals surface area contributed by atoms with Gasteiger partial charge in [-0.2, -0.15) is 0 Å². The highest BCUT2D eigenvalue weighted by Gasteiger charge is 2.59. The van der Waals surface area contributed by atoms with E-state index in [9.17, 15) is 9.59 Å². The molecule has 0 saturated carbocycles. The van der Waals surface area contributed by atoms with Crippen molar-refractivity contribution in [2.75, 3.05) is 9.96 Å². The van der Waals surface area contributed by atoms with E-state index in [1.54, 1.807) is 17.2 Å². The Labute approximate surface area is 173 Å². The van der Waals surface area contributed by atoms with E-state index in [0.29, 0.717) is 15.7 Å². The average molecular weight is 419 g/mol. The normalized spacial score (nSPS) is 24.2. The van der Waals surface area contributed by atoms with Gasteiger partial charge in [0.2, 0.25) is 5.91 Å². The minimum Gasteiger partial charge on any atom is -0.273 e. The van der Waals surface area contributed by atoms with Gasteiger partial charge in [0.15, 0.2) is 6.10 Å². The van der Waals surface area contributed by atoms with Crippen molar-refractivity contribution < 1.29 is 14.4 Å². The fourth-order valence-corrected chi connectivity index (χ4v) is 4.20. The van der Waals surface area contributed by atoms with Crippen molar-refractivity contribution in [3.05, 3.63) is 58.6 Å². The summed E-state index contributed by atoms with van der Waals surface area (Å²) in [6.07, 6.45) is 1.87. The second-order valence-corrected chi connectivity index (χ2v) is 7.85. The van der Waals surface area contributed by atoms with Crippen LogP contribution in [0.3, 0.4) is 0 Å². The first kappa shape index (κ1) is 19.2. The Morgan fingerprint density at radius 1 is 0.964 bits per heavy atom. The first-order valence-corrected chi connectivity index (χ1v) is 10.1. The quantitative estimate of drug-likeness (QED) is 0.650. The van der Waals surface area contributed by atoms with Crippen molar-refractivity contribution >= 4 is 46.4 Å². The van der Waals surface area contributed by atoms with E-state index in [4.69, 9.17) is 28.0 Å². The molecule has 0 radical (unpaired) electrons.